The number of fused-ring (bicyclic) bond motifs is 2. The lowest BCUT2D eigenvalue weighted by atomic mass is 9.76. The molecule has 16 heteroatoms. The lowest BCUT2D eigenvalue weighted by Gasteiger charge is -2.42. The van der Waals surface area contributed by atoms with Gasteiger partial charge in [-0.05, 0) is 30.0 Å². The minimum absolute atomic E-state index is 0.00966. The largest absolute Gasteiger partial charge is 0.506 e. The van der Waals surface area contributed by atoms with Gasteiger partial charge in [0.15, 0.2) is 12.1 Å². The molecule has 0 spiro atoms. The number of Topliss-reactive ketones (excluding diaryl/α,β-unsaturated/α-hetero) is 2. The molecule has 11 unspecified atom stereocenters. The van der Waals surface area contributed by atoms with Gasteiger partial charge in [-0.15, -0.1) is 0 Å². The minimum Gasteiger partial charge on any atom is -0.506 e. The molecule has 0 saturated carbocycles. The van der Waals surface area contributed by atoms with E-state index in [1.165, 1.54) is 32.2 Å². The predicted octanol–water partition coefficient (Wildman–Crippen LogP) is -2.60. The summed E-state index contributed by atoms with van der Waals surface area (Å²) in [7, 11) is 1.36. The third kappa shape index (κ3) is 6.43. The van der Waals surface area contributed by atoms with Crippen LogP contribution in [0.5, 0.6) is 17.2 Å². The van der Waals surface area contributed by atoms with Gasteiger partial charge in [-0.1, -0.05) is 0 Å². The molecular formula is C30H38O16. The van der Waals surface area contributed by atoms with Crippen LogP contribution in [0.3, 0.4) is 0 Å². The summed E-state index contributed by atoms with van der Waals surface area (Å²) in [6.07, 6.45) is -17.3. The second-order valence-corrected chi connectivity index (χ2v) is 12.0. The number of aliphatic hydroxyl groups is 8. The van der Waals surface area contributed by atoms with Gasteiger partial charge in [0.2, 0.25) is 6.29 Å². The zero-order chi connectivity index (χ0) is 33.7. The van der Waals surface area contributed by atoms with Crippen molar-refractivity contribution in [3.63, 3.8) is 0 Å². The Morgan fingerprint density at radius 3 is 2.17 bits per heavy atom. The number of hydrogen-bond donors (Lipinski definition) is 9. The molecule has 1 aliphatic carbocycles. The highest BCUT2D eigenvalue weighted by molar-refractivity contribution is 6.09. The van der Waals surface area contributed by atoms with E-state index in [0.717, 1.165) is 0 Å². The molecule has 11 atom stereocenters. The van der Waals surface area contributed by atoms with Crippen LogP contribution in [0.2, 0.25) is 0 Å². The second kappa shape index (κ2) is 13.2. The molecule has 0 amide bonds. The molecule has 2 fully saturated rings. The second-order valence-electron chi connectivity index (χ2n) is 12.0. The standard InChI is InChI=1S/C30H38O16/c1-11(32)6-30(41)7-13-3-12-4-14(42-2)5-16(20(12)23(36)19(13)15(33)8-30)44-29-27(40)25(38)22(35)18(46-29)10-43-28-26(39)24(37)21(34)17(9-31)45-28/h3-5,17-18,21-22,24-29,31,34-41H,6-10H2,1-2H3. The number of methoxy groups -OCH3 is 1. The highest BCUT2D eigenvalue weighted by atomic mass is 16.7. The van der Waals surface area contributed by atoms with Crippen molar-refractivity contribution in [2.45, 2.75) is 93.2 Å². The number of carbonyl (C=O) groups excluding carboxylic acids is 2. The summed E-state index contributed by atoms with van der Waals surface area (Å²) in [6, 6.07) is 4.40. The zero-order valence-corrected chi connectivity index (χ0v) is 24.9. The van der Waals surface area contributed by atoms with Crippen molar-refractivity contribution in [1.82, 2.24) is 0 Å². The van der Waals surface area contributed by atoms with E-state index in [1.807, 2.05) is 0 Å². The Kier molecular flexibility index (Phi) is 9.89. The number of aliphatic hydroxyl groups excluding tert-OH is 7. The zero-order valence-electron chi connectivity index (χ0n) is 24.9. The molecule has 0 aromatic heterocycles. The summed E-state index contributed by atoms with van der Waals surface area (Å²) in [6.45, 7) is 0.000445. The number of phenols is 1. The molecule has 2 aromatic carbocycles. The van der Waals surface area contributed by atoms with E-state index in [9.17, 15) is 55.5 Å². The van der Waals surface area contributed by atoms with E-state index >= 15 is 0 Å². The van der Waals surface area contributed by atoms with E-state index in [-0.39, 0.29) is 41.1 Å². The fourth-order valence-corrected chi connectivity index (χ4v) is 6.24. The number of rotatable bonds is 9. The van der Waals surface area contributed by atoms with Crippen molar-refractivity contribution in [1.29, 1.82) is 0 Å². The smallest absolute Gasteiger partial charge is 0.229 e. The maximum Gasteiger partial charge on any atom is 0.229 e. The van der Waals surface area contributed by atoms with Gasteiger partial charge in [-0.25, -0.2) is 0 Å². The molecule has 16 nitrogen and oxygen atoms in total. The first kappa shape index (κ1) is 34.3. The average molecular weight is 655 g/mol. The topological polar surface area (TPSA) is 262 Å². The highest BCUT2D eigenvalue weighted by Crippen LogP contribution is 2.45. The van der Waals surface area contributed by atoms with E-state index in [0.29, 0.717) is 10.9 Å². The number of carbonyl (C=O) groups is 2. The summed E-state index contributed by atoms with van der Waals surface area (Å²) in [4.78, 5) is 24.9. The van der Waals surface area contributed by atoms with Crippen LogP contribution in [0.4, 0.5) is 0 Å². The third-order valence-electron chi connectivity index (χ3n) is 8.52. The van der Waals surface area contributed by atoms with Gasteiger partial charge in [0.25, 0.3) is 0 Å². The summed E-state index contributed by atoms with van der Waals surface area (Å²) >= 11 is 0. The normalized spacial score (nSPS) is 36.3. The van der Waals surface area contributed by atoms with Crippen molar-refractivity contribution in [2.24, 2.45) is 0 Å². The van der Waals surface area contributed by atoms with Gasteiger partial charge in [0.1, 0.15) is 71.9 Å². The molecule has 0 bridgehead atoms. The Hall–Kier alpha value is -3.00. The molecule has 2 heterocycles. The lowest BCUT2D eigenvalue weighted by Crippen LogP contribution is -2.62. The van der Waals surface area contributed by atoms with Crippen molar-refractivity contribution in [2.75, 3.05) is 20.3 Å². The molecule has 254 valence electrons. The van der Waals surface area contributed by atoms with Gasteiger partial charge in [-0.2, -0.15) is 0 Å². The average Bonchev–Trinajstić information content (AvgIpc) is 2.99. The van der Waals surface area contributed by atoms with Crippen molar-refractivity contribution in [3.8, 4) is 17.2 Å². The number of phenolic OH excluding ortho intramolecular Hbond substituents is 1. The van der Waals surface area contributed by atoms with Gasteiger partial charge in [0, 0.05) is 25.3 Å². The maximum absolute atomic E-state index is 13.1. The van der Waals surface area contributed by atoms with Crippen molar-refractivity contribution >= 4 is 22.3 Å². The van der Waals surface area contributed by atoms with Crippen LogP contribution >= 0.6 is 0 Å². The Morgan fingerprint density at radius 1 is 0.913 bits per heavy atom. The van der Waals surface area contributed by atoms with Crippen LogP contribution in [0.25, 0.3) is 10.8 Å². The van der Waals surface area contributed by atoms with Crippen LogP contribution in [0.15, 0.2) is 18.2 Å². The monoisotopic (exact) mass is 654 g/mol. The summed E-state index contributed by atoms with van der Waals surface area (Å²) in [5.41, 5.74) is -1.41. The van der Waals surface area contributed by atoms with E-state index < -0.39 is 98.2 Å². The summed E-state index contributed by atoms with van der Waals surface area (Å²) in [5.74, 6) is -1.33. The van der Waals surface area contributed by atoms with Crippen LogP contribution in [0, 0.1) is 0 Å². The first-order valence-electron chi connectivity index (χ1n) is 14.6. The molecule has 0 radical (unpaired) electrons. The Morgan fingerprint density at radius 2 is 1.54 bits per heavy atom. The van der Waals surface area contributed by atoms with Crippen LogP contribution < -0.4 is 9.47 Å². The Labute approximate surface area is 261 Å². The Bertz CT molecular complexity index is 1460. The number of ether oxygens (including phenoxy) is 5. The quantitative estimate of drug-likeness (QED) is 0.134. The van der Waals surface area contributed by atoms with Crippen molar-refractivity contribution in [3.05, 3.63) is 29.3 Å². The van der Waals surface area contributed by atoms with Gasteiger partial charge >= 0.3 is 0 Å². The fraction of sp³-hybridized carbons (Fsp3) is 0.600. The predicted molar refractivity (Wildman–Crippen MR) is 152 cm³/mol. The summed E-state index contributed by atoms with van der Waals surface area (Å²) in [5, 5.41) is 94.2. The summed E-state index contributed by atoms with van der Waals surface area (Å²) < 4.78 is 27.7. The highest BCUT2D eigenvalue weighted by Gasteiger charge is 2.48. The third-order valence-corrected chi connectivity index (χ3v) is 8.52. The fourth-order valence-electron chi connectivity index (χ4n) is 6.24. The lowest BCUT2D eigenvalue weighted by molar-refractivity contribution is -0.323. The maximum atomic E-state index is 13.1. The number of hydrogen-bond acceptors (Lipinski definition) is 16. The first-order chi connectivity index (χ1) is 21.7. The van der Waals surface area contributed by atoms with Gasteiger partial charge in [0.05, 0.1) is 36.9 Å². The van der Waals surface area contributed by atoms with Crippen LogP contribution in [-0.2, 0) is 25.4 Å². The van der Waals surface area contributed by atoms with E-state index in [1.54, 1.807) is 0 Å². The minimum atomic E-state index is -1.85. The van der Waals surface area contributed by atoms with Gasteiger partial charge < -0.3 is 69.6 Å². The molecule has 5 rings (SSSR count). The van der Waals surface area contributed by atoms with E-state index in [4.69, 9.17) is 23.7 Å². The molecule has 3 aliphatic rings. The number of benzene rings is 2. The molecular weight excluding hydrogens is 616 g/mol. The molecule has 9 N–H and O–H groups in total. The molecule has 2 aromatic rings. The van der Waals surface area contributed by atoms with Crippen LogP contribution in [0.1, 0.15) is 35.7 Å². The number of ketones is 2. The molecule has 2 saturated heterocycles. The van der Waals surface area contributed by atoms with Crippen molar-refractivity contribution < 1.29 is 79.2 Å². The first-order valence-corrected chi connectivity index (χ1v) is 14.6. The SMILES string of the molecule is COc1cc(OC2OC(COC3OC(CO)C(O)C(O)C3O)C(O)C(O)C2O)c2c(O)c3c(cc2c1)CC(O)(CC(C)=O)CC3=O. The van der Waals surface area contributed by atoms with E-state index in [2.05, 4.69) is 0 Å². The Balaban J connectivity index is 1.42. The molecule has 46 heavy (non-hydrogen) atoms. The number of aromatic hydroxyl groups is 1. The molecule has 2 aliphatic heterocycles. The van der Waals surface area contributed by atoms with Gasteiger partial charge in [-0.3, -0.25) is 9.59 Å². The van der Waals surface area contributed by atoms with Crippen LogP contribution in [-0.4, -0.2) is 145 Å².